The highest BCUT2D eigenvalue weighted by Gasteiger charge is 2.10. The monoisotopic (exact) mass is 384 g/mol. The highest BCUT2D eigenvalue weighted by atomic mass is 16.5. The SMILES string of the molecule is CCNC(=O)COc1ccc(CNC(=O)Cc2cc(C)ccc2C)cc1OC. The molecule has 0 spiro atoms. The topological polar surface area (TPSA) is 76.7 Å². The van der Waals surface area contributed by atoms with Crippen LogP contribution in [0.3, 0.4) is 0 Å². The molecule has 2 amide bonds. The zero-order valence-corrected chi connectivity index (χ0v) is 16.9. The molecule has 6 nitrogen and oxygen atoms in total. The van der Waals surface area contributed by atoms with Gasteiger partial charge in [0.1, 0.15) is 0 Å². The highest BCUT2D eigenvalue weighted by Crippen LogP contribution is 2.28. The number of methoxy groups -OCH3 is 1. The van der Waals surface area contributed by atoms with Gasteiger partial charge in [-0.2, -0.15) is 0 Å². The van der Waals surface area contributed by atoms with Crippen LogP contribution in [0.2, 0.25) is 0 Å². The predicted octanol–water partition coefficient (Wildman–Crippen LogP) is 2.69. The zero-order valence-electron chi connectivity index (χ0n) is 16.9. The minimum Gasteiger partial charge on any atom is -0.493 e. The molecule has 0 heterocycles. The minimum atomic E-state index is -0.188. The van der Waals surface area contributed by atoms with Crippen molar-refractivity contribution in [3.63, 3.8) is 0 Å². The van der Waals surface area contributed by atoms with Gasteiger partial charge in [-0.3, -0.25) is 9.59 Å². The molecule has 0 atom stereocenters. The van der Waals surface area contributed by atoms with Crippen molar-refractivity contribution < 1.29 is 19.1 Å². The second-order valence-corrected chi connectivity index (χ2v) is 6.61. The Morgan fingerprint density at radius 3 is 2.46 bits per heavy atom. The fourth-order valence-corrected chi connectivity index (χ4v) is 2.76. The average molecular weight is 384 g/mol. The van der Waals surface area contributed by atoms with Crippen molar-refractivity contribution in [2.24, 2.45) is 0 Å². The van der Waals surface area contributed by atoms with Gasteiger partial charge in [-0.25, -0.2) is 0 Å². The fraction of sp³-hybridized carbons (Fsp3) is 0.364. The molecule has 0 aliphatic rings. The number of nitrogens with one attached hydrogen (secondary N) is 2. The summed E-state index contributed by atoms with van der Waals surface area (Å²) in [6, 6.07) is 11.5. The standard InChI is InChI=1S/C22H28N2O4/c1-5-23-22(26)14-28-19-9-8-17(11-20(19)27-4)13-24-21(25)12-18-10-15(2)6-7-16(18)3/h6-11H,5,12-14H2,1-4H3,(H,23,26)(H,24,25). The van der Waals surface area contributed by atoms with Crippen LogP contribution in [0.5, 0.6) is 11.5 Å². The van der Waals surface area contributed by atoms with Crippen molar-refractivity contribution in [1.82, 2.24) is 10.6 Å². The van der Waals surface area contributed by atoms with Gasteiger partial charge in [0.25, 0.3) is 5.91 Å². The molecule has 0 saturated heterocycles. The van der Waals surface area contributed by atoms with Crippen molar-refractivity contribution in [3.05, 3.63) is 58.7 Å². The van der Waals surface area contributed by atoms with Crippen LogP contribution in [0.15, 0.2) is 36.4 Å². The number of hydrogen-bond donors (Lipinski definition) is 2. The zero-order chi connectivity index (χ0) is 20.5. The molecule has 0 saturated carbocycles. The van der Waals surface area contributed by atoms with Gasteiger partial charge >= 0.3 is 0 Å². The smallest absolute Gasteiger partial charge is 0.257 e. The molecule has 0 aromatic heterocycles. The van der Waals surface area contributed by atoms with Crippen LogP contribution in [-0.2, 0) is 22.6 Å². The number of benzene rings is 2. The van der Waals surface area contributed by atoms with Gasteiger partial charge in [0.2, 0.25) is 5.91 Å². The Labute approximate surface area is 166 Å². The van der Waals surface area contributed by atoms with Crippen LogP contribution in [0, 0.1) is 13.8 Å². The maximum Gasteiger partial charge on any atom is 0.257 e. The summed E-state index contributed by atoms with van der Waals surface area (Å²) in [6.07, 6.45) is 0.346. The molecule has 2 aromatic carbocycles. The summed E-state index contributed by atoms with van der Waals surface area (Å²) in [5, 5.41) is 5.60. The van der Waals surface area contributed by atoms with E-state index < -0.39 is 0 Å². The van der Waals surface area contributed by atoms with Gasteiger partial charge in [0.15, 0.2) is 18.1 Å². The summed E-state index contributed by atoms with van der Waals surface area (Å²) in [5.74, 6) is 0.779. The Morgan fingerprint density at radius 2 is 1.75 bits per heavy atom. The van der Waals surface area contributed by atoms with Crippen LogP contribution < -0.4 is 20.1 Å². The van der Waals surface area contributed by atoms with E-state index in [2.05, 4.69) is 10.6 Å². The fourth-order valence-electron chi connectivity index (χ4n) is 2.76. The van der Waals surface area contributed by atoms with Crippen molar-refractivity contribution in [2.75, 3.05) is 20.3 Å². The van der Waals surface area contributed by atoms with Gasteiger partial charge in [-0.15, -0.1) is 0 Å². The molecule has 0 radical (unpaired) electrons. The summed E-state index contributed by atoms with van der Waals surface area (Å²) >= 11 is 0. The average Bonchev–Trinajstić information content (AvgIpc) is 2.68. The predicted molar refractivity (Wildman–Crippen MR) is 109 cm³/mol. The molecule has 2 aromatic rings. The third-order valence-electron chi connectivity index (χ3n) is 4.31. The first-order chi connectivity index (χ1) is 13.4. The second-order valence-electron chi connectivity index (χ2n) is 6.61. The first-order valence-corrected chi connectivity index (χ1v) is 9.32. The van der Waals surface area contributed by atoms with Crippen LogP contribution in [-0.4, -0.2) is 32.1 Å². The lowest BCUT2D eigenvalue weighted by Crippen LogP contribution is -2.28. The molecule has 2 N–H and O–H groups in total. The lowest BCUT2D eigenvalue weighted by Gasteiger charge is -2.13. The molecule has 2 rings (SSSR count). The first-order valence-electron chi connectivity index (χ1n) is 9.32. The number of amides is 2. The second kappa shape index (κ2) is 10.3. The van der Waals surface area contributed by atoms with E-state index in [1.54, 1.807) is 12.1 Å². The lowest BCUT2D eigenvalue weighted by molar-refractivity contribution is -0.123. The molecule has 28 heavy (non-hydrogen) atoms. The quantitative estimate of drug-likeness (QED) is 0.697. The van der Waals surface area contributed by atoms with Crippen molar-refractivity contribution in [1.29, 1.82) is 0 Å². The maximum atomic E-state index is 12.3. The molecule has 150 valence electrons. The summed E-state index contributed by atoms with van der Waals surface area (Å²) in [7, 11) is 1.54. The van der Waals surface area contributed by atoms with Crippen LogP contribution in [0.25, 0.3) is 0 Å². The van der Waals surface area contributed by atoms with E-state index >= 15 is 0 Å². The number of hydrogen-bond acceptors (Lipinski definition) is 4. The number of carbonyl (C=O) groups excluding carboxylic acids is 2. The van der Waals surface area contributed by atoms with E-state index in [4.69, 9.17) is 9.47 Å². The molecule has 0 unspecified atom stereocenters. The largest absolute Gasteiger partial charge is 0.493 e. The van der Waals surface area contributed by atoms with E-state index in [-0.39, 0.29) is 18.4 Å². The molecule has 0 fully saturated rings. The molecule has 6 heteroatoms. The summed E-state index contributed by atoms with van der Waals surface area (Å²) < 4.78 is 10.8. The third kappa shape index (κ3) is 6.30. The molecule has 0 aliphatic heterocycles. The van der Waals surface area contributed by atoms with Gasteiger partial charge in [-0.1, -0.05) is 29.8 Å². The van der Waals surface area contributed by atoms with Gasteiger partial charge in [0.05, 0.1) is 13.5 Å². The van der Waals surface area contributed by atoms with E-state index in [9.17, 15) is 9.59 Å². The Morgan fingerprint density at radius 1 is 0.964 bits per heavy atom. The lowest BCUT2D eigenvalue weighted by atomic mass is 10.0. The van der Waals surface area contributed by atoms with Crippen molar-refractivity contribution in [2.45, 2.75) is 33.7 Å². The highest BCUT2D eigenvalue weighted by molar-refractivity contribution is 5.79. The Hall–Kier alpha value is -3.02. The van der Waals surface area contributed by atoms with Crippen molar-refractivity contribution in [3.8, 4) is 11.5 Å². The summed E-state index contributed by atoms with van der Waals surface area (Å²) in [4.78, 5) is 23.8. The van der Waals surface area contributed by atoms with E-state index in [1.165, 1.54) is 7.11 Å². The van der Waals surface area contributed by atoms with Gasteiger partial charge < -0.3 is 20.1 Å². The van der Waals surface area contributed by atoms with Gasteiger partial charge in [-0.05, 0) is 49.6 Å². The number of likely N-dealkylation sites (N-methyl/N-ethyl adjacent to an activating group) is 1. The Bertz CT molecular complexity index is 833. The van der Waals surface area contributed by atoms with E-state index in [1.807, 2.05) is 45.0 Å². The van der Waals surface area contributed by atoms with Gasteiger partial charge in [0, 0.05) is 13.1 Å². The van der Waals surface area contributed by atoms with E-state index in [0.29, 0.717) is 31.0 Å². The Balaban J connectivity index is 1.93. The molecule has 0 aliphatic carbocycles. The van der Waals surface area contributed by atoms with Crippen LogP contribution >= 0.6 is 0 Å². The van der Waals surface area contributed by atoms with Crippen molar-refractivity contribution >= 4 is 11.8 Å². The minimum absolute atomic E-state index is 0.0377. The number of aryl methyl sites for hydroxylation is 2. The molecular weight excluding hydrogens is 356 g/mol. The normalized spacial score (nSPS) is 10.3. The number of carbonyl (C=O) groups is 2. The van der Waals surface area contributed by atoms with E-state index in [0.717, 1.165) is 22.3 Å². The number of ether oxygens (including phenoxy) is 2. The Kier molecular flexibility index (Phi) is 7.87. The maximum absolute atomic E-state index is 12.3. The van der Waals surface area contributed by atoms with Crippen LogP contribution in [0.1, 0.15) is 29.2 Å². The van der Waals surface area contributed by atoms with Crippen LogP contribution in [0.4, 0.5) is 0 Å². The summed E-state index contributed by atoms with van der Waals surface area (Å²) in [5.41, 5.74) is 4.16. The third-order valence-corrected chi connectivity index (χ3v) is 4.31. The number of rotatable bonds is 9. The molecular formula is C22H28N2O4. The first kappa shape index (κ1) is 21.3. The summed E-state index contributed by atoms with van der Waals surface area (Å²) in [6.45, 7) is 6.74. The molecule has 0 bridgehead atoms.